The minimum atomic E-state index is -2.14. The van der Waals surface area contributed by atoms with E-state index in [-0.39, 0.29) is 17.0 Å². The molecule has 0 spiro atoms. The molecule has 0 unspecified atom stereocenters. The van der Waals surface area contributed by atoms with E-state index in [2.05, 4.69) is 0 Å². The van der Waals surface area contributed by atoms with Gasteiger partial charge in [-0.15, -0.1) is 0 Å². The lowest BCUT2D eigenvalue weighted by Crippen LogP contribution is -2.18. The molecular formula is C16H14Cl4O4. The number of halogens is 4. The first-order valence-corrected chi connectivity index (χ1v) is 8.20. The molecule has 0 saturated carbocycles. The minimum absolute atomic E-state index is 0.0760. The molecule has 0 fully saturated rings. The number of aliphatic carboxylic acids is 2. The summed E-state index contributed by atoms with van der Waals surface area (Å²) in [4.78, 5) is 22.0. The average Bonchev–Trinajstić information content (AvgIpc) is 2.42. The summed E-state index contributed by atoms with van der Waals surface area (Å²) in [6, 6.07) is 7.11. The summed E-state index contributed by atoms with van der Waals surface area (Å²) < 4.78 is -2.14. The molecule has 0 aliphatic rings. The summed E-state index contributed by atoms with van der Waals surface area (Å²) in [5, 5.41) is 17.9. The molecule has 0 aliphatic carbocycles. The van der Waals surface area contributed by atoms with Crippen LogP contribution in [0.3, 0.4) is 0 Å². The Morgan fingerprint density at radius 3 is 2.21 bits per heavy atom. The van der Waals surface area contributed by atoms with E-state index in [1.165, 1.54) is 6.92 Å². The molecule has 0 bridgehead atoms. The standard InChI is InChI=1S/C16H14Cl4O4/c1-9(14(21)22)5-6-10-3-2-4-11(7-10)8-12(17)13(15(23)24)16(18,19)20/h2-5,7H,6,8H2,1H3,(H,21,22)(H,23,24). The van der Waals surface area contributed by atoms with E-state index in [1.54, 1.807) is 24.3 Å². The number of alkyl halides is 3. The molecule has 4 nitrogen and oxygen atoms in total. The zero-order chi connectivity index (χ0) is 18.5. The maximum Gasteiger partial charge on any atom is 0.337 e. The van der Waals surface area contributed by atoms with Gasteiger partial charge in [0.1, 0.15) is 5.57 Å². The van der Waals surface area contributed by atoms with Crippen LogP contribution in [-0.2, 0) is 22.4 Å². The Hall–Kier alpha value is -1.20. The van der Waals surface area contributed by atoms with Gasteiger partial charge in [-0.1, -0.05) is 76.7 Å². The summed E-state index contributed by atoms with van der Waals surface area (Å²) >= 11 is 23.0. The Morgan fingerprint density at radius 1 is 1.12 bits per heavy atom. The third-order valence-electron chi connectivity index (χ3n) is 3.10. The van der Waals surface area contributed by atoms with Gasteiger partial charge >= 0.3 is 11.9 Å². The molecule has 1 rings (SSSR count). The van der Waals surface area contributed by atoms with Gasteiger partial charge in [-0.2, -0.15) is 0 Å². The molecule has 0 atom stereocenters. The highest BCUT2D eigenvalue weighted by Crippen LogP contribution is 2.38. The van der Waals surface area contributed by atoms with Gasteiger partial charge in [-0.05, 0) is 24.5 Å². The van der Waals surface area contributed by atoms with Gasteiger partial charge in [0.05, 0.1) is 0 Å². The van der Waals surface area contributed by atoms with Crippen molar-refractivity contribution in [3.63, 3.8) is 0 Å². The number of carbonyl (C=O) groups is 2. The van der Waals surface area contributed by atoms with Gasteiger partial charge in [0.2, 0.25) is 3.79 Å². The molecule has 0 aliphatic heterocycles. The SMILES string of the molecule is CC(=CCc1cccc(CC(Cl)=C(C(=O)O)C(Cl)(Cl)Cl)c1)C(=O)O. The summed E-state index contributed by atoms with van der Waals surface area (Å²) in [6.07, 6.45) is 2.08. The van der Waals surface area contributed by atoms with Crippen molar-refractivity contribution < 1.29 is 19.8 Å². The highest BCUT2D eigenvalue weighted by Gasteiger charge is 2.34. The summed E-state index contributed by atoms with van der Waals surface area (Å²) in [5.41, 5.74) is 1.30. The van der Waals surface area contributed by atoms with Crippen LogP contribution in [0, 0.1) is 0 Å². The van der Waals surface area contributed by atoms with Crippen molar-refractivity contribution in [3.8, 4) is 0 Å². The van der Waals surface area contributed by atoms with E-state index < -0.39 is 21.3 Å². The van der Waals surface area contributed by atoms with Crippen LogP contribution < -0.4 is 0 Å². The molecule has 2 N–H and O–H groups in total. The molecule has 1 aromatic rings. The van der Waals surface area contributed by atoms with Crippen LogP contribution in [0.2, 0.25) is 0 Å². The summed E-state index contributed by atoms with van der Waals surface area (Å²) in [6.45, 7) is 1.51. The maximum atomic E-state index is 11.2. The zero-order valence-electron chi connectivity index (χ0n) is 12.5. The lowest BCUT2D eigenvalue weighted by atomic mass is 10.0. The Balaban J connectivity index is 3.04. The van der Waals surface area contributed by atoms with Crippen molar-refractivity contribution in [2.24, 2.45) is 0 Å². The number of allylic oxidation sites excluding steroid dienone is 2. The predicted molar refractivity (Wildman–Crippen MR) is 96.0 cm³/mol. The maximum absolute atomic E-state index is 11.2. The molecular weight excluding hydrogens is 398 g/mol. The molecule has 1 aromatic carbocycles. The fraction of sp³-hybridized carbons (Fsp3) is 0.250. The van der Waals surface area contributed by atoms with Gasteiger partial charge in [0.25, 0.3) is 0 Å². The van der Waals surface area contributed by atoms with Crippen LogP contribution in [0.4, 0.5) is 0 Å². The van der Waals surface area contributed by atoms with E-state index in [4.69, 9.17) is 56.6 Å². The van der Waals surface area contributed by atoms with Gasteiger partial charge in [0, 0.05) is 17.0 Å². The summed E-state index contributed by atoms with van der Waals surface area (Å²) in [7, 11) is 0. The molecule has 0 radical (unpaired) electrons. The van der Waals surface area contributed by atoms with Crippen molar-refractivity contribution in [3.05, 3.63) is 57.6 Å². The number of rotatable bonds is 6. The van der Waals surface area contributed by atoms with E-state index in [1.807, 2.05) is 6.07 Å². The number of carboxylic acid groups (broad SMARTS) is 2. The molecule has 0 saturated heterocycles. The molecule has 0 heterocycles. The zero-order valence-corrected chi connectivity index (χ0v) is 15.5. The second-order valence-electron chi connectivity index (χ2n) is 4.98. The van der Waals surface area contributed by atoms with Gasteiger partial charge in [-0.3, -0.25) is 0 Å². The first kappa shape index (κ1) is 20.8. The van der Waals surface area contributed by atoms with Crippen molar-refractivity contribution in [1.82, 2.24) is 0 Å². The third-order valence-corrected chi connectivity index (χ3v) is 3.99. The molecule has 0 amide bonds. The predicted octanol–water partition coefficient (Wildman–Crippen LogP) is 4.75. The lowest BCUT2D eigenvalue weighted by Gasteiger charge is -2.14. The third kappa shape index (κ3) is 6.36. The van der Waals surface area contributed by atoms with Crippen LogP contribution in [0.1, 0.15) is 18.1 Å². The van der Waals surface area contributed by atoms with Crippen LogP contribution in [0.5, 0.6) is 0 Å². The van der Waals surface area contributed by atoms with Crippen molar-refractivity contribution in [1.29, 1.82) is 0 Å². The van der Waals surface area contributed by atoms with Gasteiger partial charge < -0.3 is 10.2 Å². The van der Waals surface area contributed by atoms with Crippen LogP contribution in [-0.4, -0.2) is 25.9 Å². The molecule has 24 heavy (non-hydrogen) atoms. The fourth-order valence-corrected chi connectivity index (χ4v) is 2.99. The smallest absolute Gasteiger partial charge is 0.337 e. The Morgan fingerprint density at radius 2 is 1.71 bits per heavy atom. The first-order valence-electron chi connectivity index (χ1n) is 6.69. The van der Waals surface area contributed by atoms with E-state index in [9.17, 15) is 9.59 Å². The topological polar surface area (TPSA) is 74.6 Å². The minimum Gasteiger partial charge on any atom is -0.478 e. The van der Waals surface area contributed by atoms with Gasteiger partial charge in [-0.25, -0.2) is 9.59 Å². The van der Waals surface area contributed by atoms with E-state index in [0.29, 0.717) is 12.0 Å². The average molecular weight is 412 g/mol. The van der Waals surface area contributed by atoms with Crippen LogP contribution in [0.15, 0.2) is 46.5 Å². The van der Waals surface area contributed by atoms with E-state index in [0.717, 1.165) is 5.56 Å². The molecule has 0 aromatic heterocycles. The van der Waals surface area contributed by atoms with Crippen LogP contribution in [0.25, 0.3) is 0 Å². The highest BCUT2D eigenvalue weighted by atomic mass is 35.6. The number of carboxylic acids is 2. The Kier molecular flexibility index (Phi) is 7.61. The highest BCUT2D eigenvalue weighted by molar-refractivity contribution is 6.71. The van der Waals surface area contributed by atoms with Crippen molar-refractivity contribution >= 4 is 58.3 Å². The monoisotopic (exact) mass is 410 g/mol. The second kappa shape index (κ2) is 8.77. The number of benzene rings is 1. The second-order valence-corrected chi connectivity index (χ2v) is 7.71. The normalized spacial score (nSPS) is 13.5. The fourth-order valence-electron chi connectivity index (χ4n) is 1.88. The lowest BCUT2D eigenvalue weighted by molar-refractivity contribution is -0.133. The number of hydrogen-bond acceptors (Lipinski definition) is 2. The van der Waals surface area contributed by atoms with E-state index >= 15 is 0 Å². The quantitative estimate of drug-likeness (QED) is 0.523. The largest absolute Gasteiger partial charge is 0.478 e. The Labute approximate surface area is 159 Å². The molecule has 8 heteroatoms. The molecule has 130 valence electrons. The first-order chi connectivity index (χ1) is 11.0. The van der Waals surface area contributed by atoms with Crippen LogP contribution >= 0.6 is 46.4 Å². The van der Waals surface area contributed by atoms with Gasteiger partial charge in [0.15, 0.2) is 0 Å². The Bertz CT molecular complexity index is 702. The summed E-state index contributed by atoms with van der Waals surface area (Å²) in [5.74, 6) is -2.39. The van der Waals surface area contributed by atoms with Crippen molar-refractivity contribution in [2.45, 2.75) is 23.6 Å². The van der Waals surface area contributed by atoms with Crippen molar-refractivity contribution in [2.75, 3.05) is 0 Å². The number of hydrogen-bond donors (Lipinski definition) is 2.